The summed E-state index contributed by atoms with van der Waals surface area (Å²) in [5.41, 5.74) is 3.62. The van der Waals surface area contributed by atoms with Crippen LogP contribution in [0.1, 0.15) is 230 Å². The summed E-state index contributed by atoms with van der Waals surface area (Å²) in [5, 5.41) is 12.2. The van der Waals surface area contributed by atoms with Gasteiger partial charge in [-0.2, -0.15) is 0 Å². The molecule has 0 heterocycles. The number of benzene rings is 2. The van der Waals surface area contributed by atoms with Gasteiger partial charge in [0.15, 0.2) is 0 Å². The minimum Gasteiger partial charge on any atom is -0.338 e. The number of rotatable bonds is 38. The minimum atomic E-state index is -0.164. The van der Waals surface area contributed by atoms with Crippen LogP contribution in [-0.4, -0.2) is 25.2 Å². The molecule has 2 aromatic rings. The Bertz CT molecular complexity index is 1140. The number of amides is 4. The Balaban J connectivity index is 1.52. The van der Waals surface area contributed by atoms with Crippen LogP contribution in [0.2, 0.25) is 0 Å². The van der Waals surface area contributed by atoms with E-state index in [4.69, 9.17) is 0 Å². The van der Waals surface area contributed by atoms with E-state index < -0.39 is 0 Å². The van der Waals surface area contributed by atoms with Gasteiger partial charge in [0.2, 0.25) is 0 Å². The van der Waals surface area contributed by atoms with E-state index in [2.05, 4.69) is 35.1 Å². The highest BCUT2D eigenvalue weighted by molar-refractivity contribution is 5.91. The topological polar surface area (TPSA) is 82.3 Å². The Morgan fingerprint density at radius 2 is 0.596 bits per heavy atom. The van der Waals surface area contributed by atoms with Crippen molar-refractivity contribution in [3.05, 3.63) is 59.7 Å². The summed E-state index contributed by atoms with van der Waals surface area (Å²) in [5.74, 6) is 0. The van der Waals surface area contributed by atoms with Crippen molar-refractivity contribution < 1.29 is 9.59 Å². The van der Waals surface area contributed by atoms with Gasteiger partial charge < -0.3 is 21.3 Å². The van der Waals surface area contributed by atoms with Crippen LogP contribution < -0.4 is 21.3 Å². The van der Waals surface area contributed by atoms with Gasteiger partial charge in [0.25, 0.3) is 0 Å². The molecule has 0 radical (unpaired) electrons. The minimum absolute atomic E-state index is 0.164. The number of unbranched alkanes of at least 4 members (excludes halogenated alkanes) is 30. The Morgan fingerprint density at radius 3 is 0.877 bits per heavy atom. The van der Waals surface area contributed by atoms with Gasteiger partial charge in [-0.05, 0) is 36.1 Å². The molecule has 57 heavy (non-hydrogen) atoms. The monoisotopic (exact) mass is 789 g/mol. The Kier molecular flexibility index (Phi) is 32.8. The molecular weight excluding hydrogens is 701 g/mol. The highest BCUT2D eigenvalue weighted by Gasteiger charge is 2.11. The maximum absolute atomic E-state index is 12.8. The van der Waals surface area contributed by atoms with Crippen LogP contribution >= 0.6 is 0 Å². The van der Waals surface area contributed by atoms with Crippen LogP contribution in [0, 0.1) is 0 Å². The van der Waals surface area contributed by atoms with Crippen LogP contribution in [0.3, 0.4) is 0 Å². The number of hydrogen-bond donors (Lipinski definition) is 4. The largest absolute Gasteiger partial charge is 0.338 e. The van der Waals surface area contributed by atoms with E-state index in [1.54, 1.807) is 0 Å². The fourth-order valence-electron chi connectivity index (χ4n) is 7.88. The van der Waals surface area contributed by atoms with Crippen LogP contribution in [0.5, 0.6) is 0 Å². The van der Waals surface area contributed by atoms with Crippen molar-refractivity contribution >= 4 is 23.4 Å². The lowest BCUT2D eigenvalue weighted by Crippen LogP contribution is -2.30. The number of para-hydroxylation sites is 2. The molecule has 6 heteroatoms. The predicted molar refractivity (Wildman–Crippen MR) is 249 cm³/mol. The third kappa shape index (κ3) is 28.9. The summed E-state index contributed by atoms with van der Waals surface area (Å²) in [7, 11) is 0. The van der Waals surface area contributed by atoms with Gasteiger partial charge in [-0.15, -0.1) is 0 Å². The van der Waals surface area contributed by atoms with Crippen molar-refractivity contribution in [1.29, 1.82) is 0 Å². The van der Waals surface area contributed by atoms with Crippen LogP contribution in [0.15, 0.2) is 48.5 Å². The maximum Gasteiger partial charge on any atom is 0.319 e. The van der Waals surface area contributed by atoms with Gasteiger partial charge in [0, 0.05) is 30.9 Å². The van der Waals surface area contributed by atoms with Crippen molar-refractivity contribution in [1.82, 2.24) is 10.6 Å². The molecule has 0 aromatic heterocycles. The van der Waals surface area contributed by atoms with Crippen LogP contribution in [-0.2, 0) is 6.42 Å². The smallest absolute Gasteiger partial charge is 0.319 e. The van der Waals surface area contributed by atoms with Crippen molar-refractivity contribution in [3.63, 3.8) is 0 Å². The van der Waals surface area contributed by atoms with Gasteiger partial charge in [0.1, 0.15) is 0 Å². The zero-order valence-electron chi connectivity index (χ0n) is 37.2. The first-order chi connectivity index (χ1) is 28.1. The number of anilines is 2. The molecule has 6 nitrogen and oxygen atoms in total. The molecule has 0 saturated heterocycles. The van der Waals surface area contributed by atoms with E-state index in [0.29, 0.717) is 19.5 Å². The zero-order chi connectivity index (χ0) is 40.7. The molecule has 0 unspecified atom stereocenters. The Morgan fingerprint density at radius 1 is 0.351 bits per heavy atom. The van der Waals surface area contributed by atoms with Crippen molar-refractivity contribution in [2.24, 2.45) is 0 Å². The Labute approximate surface area is 351 Å². The fourth-order valence-corrected chi connectivity index (χ4v) is 7.88. The number of nitrogens with one attached hydrogen (secondary N) is 4. The molecule has 0 spiro atoms. The molecule has 4 amide bonds. The van der Waals surface area contributed by atoms with E-state index in [0.717, 1.165) is 48.2 Å². The lowest BCUT2D eigenvalue weighted by molar-refractivity contribution is 0.251. The van der Waals surface area contributed by atoms with E-state index >= 15 is 0 Å². The van der Waals surface area contributed by atoms with Gasteiger partial charge >= 0.3 is 12.1 Å². The summed E-state index contributed by atoms with van der Waals surface area (Å²) in [4.78, 5) is 25.6. The second kappa shape index (κ2) is 37.3. The first kappa shape index (κ1) is 50.1. The van der Waals surface area contributed by atoms with Crippen molar-refractivity contribution in [2.45, 2.75) is 226 Å². The lowest BCUT2D eigenvalue weighted by atomic mass is 10.0. The molecule has 2 aromatic carbocycles. The van der Waals surface area contributed by atoms with E-state index in [1.807, 2.05) is 48.5 Å². The molecule has 0 aliphatic rings. The summed E-state index contributed by atoms with van der Waals surface area (Å²) >= 11 is 0. The summed E-state index contributed by atoms with van der Waals surface area (Å²) in [6.07, 6.45) is 43.6. The normalized spacial score (nSPS) is 11.1. The standard InChI is InChI=1S/C51H88N4O2/c1-3-5-7-9-11-13-15-17-19-21-23-25-27-29-31-37-43-52-50(56)54-48-41-35-33-39-46(48)45-47-40-34-36-42-49(47)55-51(57)53-44-38-32-30-28-26-24-22-20-18-16-14-12-10-8-6-4-2/h33-36,39-42H,3-32,37-38,43-45H2,1-2H3,(H2,52,54,56)(H2,53,55,57). The third-order valence-electron chi connectivity index (χ3n) is 11.5. The molecule has 324 valence electrons. The summed E-state index contributed by atoms with van der Waals surface area (Å²) in [6.45, 7) is 5.95. The summed E-state index contributed by atoms with van der Waals surface area (Å²) < 4.78 is 0. The van der Waals surface area contributed by atoms with Gasteiger partial charge in [-0.1, -0.05) is 243 Å². The Hall–Kier alpha value is -3.02. The van der Waals surface area contributed by atoms with Gasteiger partial charge in [-0.25, -0.2) is 9.59 Å². The summed E-state index contributed by atoms with van der Waals surface area (Å²) in [6, 6.07) is 15.5. The van der Waals surface area contributed by atoms with Gasteiger partial charge in [0.05, 0.1) is 0 Å². The lowest BCUT2D eigenvalue weighted by Gasteiger charge is -2.15. The highest BCUT2D eigenvalue weighted by Crippen LogP contribution is 2.24. The first-order valence-electron chi connectivity index (χ1n) is 24.4. The maximum atomic E-state index is 12.8. The molecule has 0 atom stereocenters. The molecule has 0 fully saturated rings. The van der Waals surface area contributed by atoms with E-state index in [-0.39, 0.29) is 12.1 Å². The fraction of sp³-hybridized carbons (Fsp3) is 0.725. The molecular formula is C51H88N4O2. The van der Waals surface area contributed by atoms with Crippen LogP contribution in [0.25, 0.3) is 0 Å². The van der Waals surface area contributed by atoms with Crippen molar-refractivity contribution in [2.75, 3.05) is 23.7 Å². The van der Waals surface area contributed by atoms with Crippen molar-refractivity contribution in [3.8, 4) is 0 Å². The average Bonchev–Trinajstić information content (AvgIpc) is 3.21. The number of carbonyl (C=O) groups excluding carboxylic acids is 2. The number of hydrogen-bond acceptors (Lipinski definition) is 2. The third-order valence-corrected chi connectivity index (χ3v) is 11.5. The molecule has 0 saturated carbocycles. The zero-order valence-corrected chi connectivity index (χ0v) is 37.2. The SMILES string of the molecule is CCCCCCCCCCCCCCCCCCNC(=O)Nc1ccccc1Cc1ccccc1NC(=O)NCCCCCCCCCCCCCCCCCC. The molecule has 2 rings (SSSR count). The molecule has 0 bridgehead atoms. The molecule has 0 aliphatic heterocycles. The average molecular weight is 789 g/mol. The molecule has 0 aliphatic carbocycles. The van der Waals surface area contributed by atoms with E-state index in [9.17, 15) is 9.59 Å². The second-order valence-electron chi connectivity index (χ2n) is 16.9. The second-order valence-corrected chi connectivity index (χ2v) is 16.9. The highest BCUT2D eigenvalue weighted by atomic mass is 16.2. The number of urea groups is 2. The van der Waals surface area contributed by atoms with E-state index in [1.165, 1.54) is 180 Å². The first-order valence-corrected chi connectivity index (χ1v) is 24.4. The quantitative estimate of drug-likeness (QED) is 0.0511. The number of carbonyl (C=O) groups is 2. The predicted octanol–water partition coefficient (Wildman–Crippen LogP) is 16.0. The molecule has 4 N–H and O–H groups in total. The van der Waals surface area contributed by atoms with Gasteiger partial charge in [-0.3, -0.25) is 0 Å². The van der Waals surface area contributed by atoms with Crippen LogP contribution in [0.4, 0.5) is 21.0 Å².